The smallest absolute Gasteiger partial charge is 0.416 e. The lowest BCUT2D eigenvalue weighted by atomic mass is 10.1. The Balaban J connectivity index is 1.76. The molecule has 2 aromatic heterocycles. The maximum Gasteiger partial charge on any atom is 0.416 e. The van der Waals surface area contributed by atoms with Gasteiger partial charge in [0.1, 0.15) is 28.5 Å². The molecule has 6 nitrogen and oxygen atoms in total. The monoisotopic (exact) mass is 471 g/mol. The van der Waals surface area contributed by atoms with Crippen LogP contribution in [-0.4, -0.2) is 42.0 Å². The Morgan fingerprint density at radius 2 is 2.00 bits per heavy atom. The molecule has 0 bridgehead atoms. The number of aryl methyl sites for hydroxylation is 2. The van der Waals surface area contributed by atoms with Crippen molar-refractivity contribution in [1.82, 2.24) is 9.97 Å². The highest BCUT2D eigenvalue weighted by Crippen LogP contribution is 2.36. The van der Waals surface area contributed by atoms with Gasteiger partial charge in [0.05, 0.1) is 23.6 Å². The molecule has 0 saturated carbocycles. The summed E-state index contributed by atoms with van der Waals surface area (Å²) in [5.41, 5.74) is 0.124. The summed E-state index contributed by atoms with van der Waals surface area (Å²) in [6, 6.07) is 2.96. The summed E-state index contributed by atoms with van der Waals surface area (Å²) >= 11 is 2.75. The first-order chi connectivity index (χ1) is 14.7. The van der Waals surface area contributed by atoms with Gasteiger partial charge >= 0.3 is 6.18 Å². The largest absolute Gasteiger partial charge is 0.489 e. The summed E-state index contributed by atoms with van der Waals surface area (Å²) < 4.78 is 49.7. The summed E-state index contributed by atoms with van der Waals surface area (Å²) in [6.45, 7) is 4.35. The fraction of sp³-hybridized carbons (Fsp3) is 0.350. The molecular weight excluding hydrogens is 451 g/mol. The number of alkyl halides is 3. The molecule has 0 spiro atoms. The first kappa shape index (κ1) is 23.3. The van der Waals surface area contributed by atoms with E-state index in [1.165, 1.54) is 31.3 Å². The first-order valence-electron chi connectivity index (χ1n) is 9.17. The summed E-state index contributed by atoms with van der Waals surface area (Å²) in [7, 11) is 1.48. The molecule has 0 aliphatic rings. The number of thioether (sulfide) groups is 1. The number of nitrogens with one attached hydrogen (secondary N) is 1. The van der Waals surface area contributed by atoms with Gasteiger partial charge in [-0.15, -0.1) is 11.3 Å². The van der Waals surface area contributed by atoms with Gasteiger partial charge in [-0.2, -0.15) is 13.2 Å². The third kappa shape index (κ3) is 5.66. The van der Waals surface area contributed by atoms with Crippen molar-refractivity contribution in [2.45, 2.75) is 25.0 Å². The normalized spacial score (nSPS) is 11.7. The van der Waals surface area contributed by atoms with Crippen LogP contribution in [0.5, 0.6) is 5.75 Å². The molecule has 1 amide bonds. The van der Waals surface area contributed by atoms with Gasteiger partial charge in [-0.3, -0.25) is 4.79 Å². The molecule has 0 aliphatic heterocycles. The highest BCUT2D eigenvalue weighted by atomic mass is 32.2. The molecule has 0 saturated heterocycles. The summed E-state index contributed by atoms with van der Waals surface area (Å²) in [5, 5.41) is 4.07. The Bertz CT molecular complexity index is 1090. The minimum atomic E-state index is -4.54. The van der Waals surface area contributed by atoms with Gasteiger partial charge in [0.25, 0.3) is 0 Å². The zero-order valence-electron chi connectivity index (χ0n) is 17.0. The van der Waals surface area contributed by atoms with Crippen LogP contribution in [0.25, 0.3) is 10.2 Å². The van der Waals surface area contributed by atoms with Crippen LogP contribution < -0.4 is 10.1 Å². The quantitative estimate of drug-likeness (QED) is 0.281. The number of carbonyl (C=O) groups excluding carboxylic acids is 1. The number of fused-ring (bicyclic) bond motifs is 1. The van der Waals surface area contributed by atoms with Crippen molar-refractivity contribution < 1.29 is 27.4 Å². The van der Waals surface area contributed by atoms with Gasteiger partial charge < -0.3 is 14.8 Å². The molecular formula is C20H20F3N3O3S2. The maximum atomic E-state index is 13.1. The molecule has 3 aromatic rings. The van der Waals surface area contributed by atoms with Crippen LogP contribution in [-0.2, 0) is 15.7 Å². The number of aromatic nitrogens is 2. The van der Waals surface area contributed by atoms with E-state index < -0.39 is 17.6 Å². The second kappa shape index (κ2) is 9.84. The van der Waals surface area contributed by atoms with Crippen LogP contribution in [0.15, 0.2) is 29.6 Å². The van der Waals surface area contributed by atoms with Crippen molar-refractivity contribution in [3.8, 4) is 5.75 Å². The number of carbonyl (C=O) groups is 1. The number of thiophene rings is 1. The fourth-order valence-electron chi connectivity index (χ4n) is 2.74. The Morgan fingerprint density at radius 1 is 1.23 bits per heavy atom. The molecule has 166 valence electrons. The molecule has 0 atom stereocenters. The Morgan fingerprint density at radius 3 is 2.71 bits per heavy atom. The fourth-order valence-corrected chi connectivity index (χ4v) is 4.66. The van der Waals surface area contributed by atoms with Gasteiger partial charge in [-0.1, -0.05) is 11.8 Å². The molecule has 0 fully saturated rings. The number of hydrogen-bond acceptors (Lipinski definition) is 7. The number of nitrogens with zero attached hydrogens (tertiary/aromatic N) is 2. The van der Waals surface area contributed by atoms with Gasteiger partial charge in [0.2, 0.25) is 5.91 Å². The molecule has 0 aliphatic carbocycles. The third-order valence-electron chi connectivity index (χ3n) is 4.40. The summed E-state index contributed by atoms with van der Waals surface area (Å²) in [5.74, 6) is -0.372. The predicted molar refractivity (Wildman–Crippen MR) is 115 cm³/mol. The number of hydrogen-bond donors (Lipinski definition) is 1. The molecule has 1 N–H and O–H groups in total. The predicted octanol–water partition coefficient (Wildman–Crippen LogP) is 5.08. The lowest BCUT2D eigenvalue weighted by molar-refractivity contribution is -0.137. The number of benzene rings is 1. The topological polar surface area (TPSA) is 73.3 Å². The number of rotatable bonds is 8. The number of halogens is 3. The van der Waals surface area contributed by atoms with Gasteiger partial charge in [0.15, 0.2) is 0 Å². The molecule has 3 rings (SSSR count). The van der Waals surface area contributed by atoms with Crippen LogP contribution in [0.4, 0.5) is 18.9 Å². The first-order valence-corrected chi connectivity index (χ1v) is 11.0. The summed E-state index contributed by atoms with van der Waals surface area (Å²) in [6.07, 6.45) is -3.10. The molecule has 0 unspecified atom stereocenters. The van der Waals surface area contributed by atoms with Gasteiger partial charge in [-0.25, -0.2) is 9.97 Å². The van der Waals surface area contributed by atoms with Crippen molar-refractivity contribution in [3.63, 3.8) is 0 Å². The summed E-state index contributed by atoms with van der Waals surface area (Å²) in [4.78, 5) is 23.0. The molecule has 11 heteroatoms. The Kier molecular flexibility index (Phi) is 7.39. The SMILES string of the molecule is COCCOc1ccc(C(F)(F)F)cc1NC(=O)CSc1ncnc2sc(C)c(C)c12. The third-order valence-corrected chi connectivity index (χ3v) is 6.50. The van der Waals surface area contributed by atoms with E-state index in [4.69, 9.17) is 9.47 Å². The van der Waals surface area contributed by atoms with Crippen molar-refractivity contribution in [1.29, 1.82) is 0 Å². The minimum absolute atomic E-state index is 0.0335. The van der Waals surface area contributed by atoms with Gasteiger partial charge in [-0.05, 0) is 37.6 Å². The molecule has 0 radical (unpaired) electrons. The Hall–Kier alpha value is -2.37. The lowest BCUT2D eigenvalue weighted by Gasteiger charge is -2.15. The highest BCUT2D eigenvalue weighted by Gasteiger charge is 2.31. The van der Waals surface area contributed by atoms with Crippen LogP contribution in [0.3, 0.4) is 0 Å². The van der Waals surface area contributed by atoms with E-state index in [9.17, 15) is 18.0 Å². The molecule has 31 heavy (non-hydrogen) atoms. The van der Waals surface area contributed by atoms with E-state index in [1.807, 2.05) is 13.8 Å². The van der Waals surface area contributed by atoms with E-state index in [0.29, 0.717) is 5.03 Å². The van der Waals surface area contributed by atoms with E-state index in [2.05, 4.69) is 15.3 Å². The average molecular weight is 472 g/mol. The van der Waals surface area contributed by atoms with E-state index >= 15 is 0 Å². The van der Waals surface area contributed by atoms with Crippen molar-refractivity contribution in [2.24, 2.45) is 0 Å². The zero-order valence-corrected chi connectivity index (χ0v) is 18.6. The number of ether oxygens (including phenoxy) is 2. The van der Waals surface area contributed by atoms with Gasteiger partial charge in [0, 0.05) is 17.4 Å². The standard InChI is InChI=1S/C20H20F3N3O3S2/c1-11-12(2)31-19-17(11)18(24-10-25-19)30-9-16(27)26-14-8-13(20(21,22)23)4-5-15(14)29-7-6-28-3/h4-5,8,10H,6-7,9H2,1-3H3,(H,26,27). The van der Waals surface area contributed by atoms with E-state index in [-0.39, 0.29) is 30.4 Å². The second-order valence-corrected chi connectivity index (χ2v) is 8.70. The van der Waals surface area contributed by atoms with E-state index in [0.717, 1.165) is 32.8 Å². The molecule has 2 heterocycles. The molecule has 1 aromatic carbocycles. The van der Waals surface area contributed by atoms with Crippen molar-refractivity contribution in [3.05, 3.63) is 40.5 Å². The van der Waals surface area contributed by atoms with Crippen LogP contribution >= 0.6 is 23.1 Å². The number of anilines is 1. The highest BCUT2D eigenvalue weighted by molar-refractivity contribution is 8.00. The number of methoxy groups -OCH3 is 1. The van der Waals surface area contributed by atoms with Crippen LogP contribution in [0.1, 0.15) is 16.0 Å². The minimum Gasteiger partial charge on any atom is -0.489 e. The van der Waals surface area contributed by atoms with Crippen LogP contribution in [0.2, 0.25) is 0 Å². The second-order valence-electron chi connectivity index (χ2n) is 6.53. The van der Waals surface area contributed by atoms with Crippen molar-refractivity contribution >= 4 is 44.9 Å². The number of amides is 1. The average Bonchev–Trinajstić information content (AvgIpc) is 3.01. The zero-order chi connectivity index (χ0) is 22.6. The lowest BCUT2D eigenvalue weighted by Crippen LogP contribution is -2.17. The Labute approximate surface area is 185 Å². The van der Waals surface area contributed by atoms with E-state index in [1.54, 1.807) is 11.3 Å². The van der Waals surface area contributed by atoms with Crippen molar-refractivity contribution in [2.75, 3.05) is 31.4 Å². The van der Waals surface area contributed by atoms with Crippen LogP contribution in [0, 0.1) is 13.8 Å². The maximum absolute atomic E-state index is 13.1.